The van der Waals surface area contributed by atoms with Gasteiger partial charge in [0.05, 0.1) is 6.04 Å². The Kier molecular flexibility index (Phi) is 8.07. The van der Waals surface area contributed by atoms with Crippen molar-refractivity contribution >= 4 is 18.1 Å². The van der Waals surface area contributed by atoms with Crippen LogP contribution in [0.2, 0.25) is 5.02 Å². The van der Waals surface area contributed by atoms with Gasteiger partial charge in [-0.1, -0.05) is 57.8 Å². The molecule has 23 heavy (non-hydrogen) atoms. The van der Waals surface area contributed by atoms with Gasteiger partial charge in [0.25, 0.3) is 6.47 Å². The standard InChI is InChI=1S/C19H30ClNO2/c1-6-12-19(7-2,15-8-10-16(20)11-9-15)18(21-5)17(14(3)4)23-13-22/h8-11,13-14,17-18,21H,6-7,12H2,1-5H3. The molecule has 3 nitrogen and oxygen atoms in total. The first-order valence-corrected chi connectivity index (χ1v) is 8.87. The maximum Gasteiger partial charge on any atom is 0.293 e. The second-order valence-corrected chi connectivity index (χ2v) is 6.91. The SMILES string of the molecule is CCCC(CC)(c1ccc(Cl)cc1)C(NC)C(OC=O)C(C)C. The van der Waals surface area contributed by atoms with Gasteiger partial charge in [-0.2, -0.15) is 0 Å². The fourth-order valence-electron chi connectivity index (χ4n) is 3.75. The Hall–Kier alpha value is -1.06. The lowest BCUT2D eigenvalue weighted by molar-refractivity contribution is -0.138. The molecule has 3 atom stereocenters. The average Bonchev–Trinajstić information content (AvgIpc) is 2.54. The van der Waals surface area contributed by atoms with E-state index in [2.05, 4.69) is 45.1 Å². The smallest absolute Gasteiger partial charge is 0.293 e. The fraction of sp³-hybridized carbons (Fsp3) is 0.632. The molecule has 1 aromatic rings. The van der Waals surface area contributed by atoms with Crippen molar-refractivity contribution in [2.45, 2.75) is 64.5 Å². The van der Waals surface area contributed by atoms with Gasteiger partial charge in [0.1, 0.15) is 6.10 Å². The van der Waals surface area contributed by atoms with Gasteiger partial charge in [-0.05, 0) is 43.5 Å². The molecule has 0 saturated heterocycles. The molecule has 130 valence electrons. The number of ether oxygens (including phenoxy) is 1. The predicted molar refractivity (Wildman–Crippen MR) is 97.0 cm³/mol. The van der Waals surface area contributed by atoms with Gasteiger partial charge in [-0.15, -0.1) is 0 Å². The quantitative estimate of drug-likeness (QED) is 0.634. The first-order valence-electron chi connectivity index (χ1n) is 8.49. The summed E-state index contributed by atoms with van der Waals surface area (Å²) in [6.45, 7) is 9.15. The van der Waals surface area contributed by atoms with Crippen molar-refractivity contribution < 1.29 is 9.53 Å². The number of hydrogen-bond donors (Lipinski definition) is 1. The second kappa shape index (κ2) is 9.29. The molecular weight excluding hydrogens is 310 g/mol. The zero-order chi connectivity index (χ0) is 17.5. The number of carbonyl (C=O) groups is 1. The molecule has 0 aliphatic carbocycles. The van der Waals surface area contributed by atoms with Crippen LogP contribution in [-0.2, 0) is 14.9 Å². The lowest BCUT2D eigenvalue weighted by atomic mass is 9.66. The molecule has 0 spiro atoms. The molecule has 3 unspecified atom stereocenters. The van der Waals surface area contributed by atoms with Crippen LogP contribution in [0.1, 0.15) is 52.5 Å². The van der Waals surface area contributed by atoms with Gasteiger partial charge in [0, 0.05) is 10.4 Å². The number of halogens is 1. The second-order valence-electron chi connectivity index (χ2n) is 6.47. The highest BCUT2D eigenvalue weighted by Gasteiger charge is 2.43. The molecule has 0 saturated carbocycles. The van der Waals surface area contributed by atoms with Gasteiger partial charge in [-0.3, -0.25) is 4.79 Å². The normalized spacial score (nSPS) is 16.7. The Labute approximate surface area is 145 Å². The third-order valence-electron chi connectivity index (χ3n) is 4.85. The van der Waals surface area contributed by atoms with Crippen molar-refractivity contribution in [3.05, 3.63) is 34.9 Å². The third-order valence-corrected chi connectivity index (χ3v) is 5.10. The summed E-state index contributed by atoms with van der Waals surface area (Å²) >= 11 is 6.07. The van der Waals surface area contributed by atoms with Crippen molar-refractivity contribution in [3.8, 4) is 0 Å². The van der Waals surface area contributed by atoms with Crippen LogP contribution in [0.3, 0.4) is 0 Å². The maximum absolute atomic E-state index is 11.0. The Balaban J connectivity index is 3.40. The largest absolute Gasteiger partial charge is 0.463 e. The highest BCUT2D eigenvalue weighted by Crippen LogP contribution is 2.40. The summed E-state index contributed by atoms with van der Waals surface area (Å²) < 4.78 is 5.49. The van der Waals surface area contributed by atoms with Crippen LogP contribution >= 0.6 is 11.6 Å². The van der Waals surface area contributed by atoms with E-state index >= 15 is 0 Å². The van der Waals surface area contributed by atoms with E-state index in [1.54, 1.807) is 0 Å². The van der Waals surface area contributed by atoms with E-state index in [0.717, 1.165) is 24.3 Å². The van der Waals surface area contributed by atoms with E-state index in [9.17, 15) is 4.79 Å². The van der Waals surface area contributed by atoms with Gasteiger partial charge >= 0.3 is 0 Å². The number of likely N-dealkylation sites (N-methyl/N-ethyl adjacent to an activating group) is 1. The summed E-state index contributed by atoms with van der Waals surface area (Å²) in [7, 11) is 1.95. The molecule has 1 aromatic carbocycles. The van der Waals surface area contributed by atoms with E-state index in [-0.39, 0.29) is 23.5 Å². The first-order chi connectivity index (χ1) is 11.0. The van der Waals surface area contributed by atoms with Crippen molar-refractivity contribution in [2.24, 2.45) is 5.92 Å². The minimum Gasteiger partial charge on any atom is -0.463 e. The lowest BCUT2D eigenvalue weighted by Crippen LogP contribution is -2.56. The first kappa shape index (κ1) is 20.0. The summed E-state index contributed by atoms with van der Waals surface area (Å²) in [6.07, 6.45) is 2.85. The molecule has 1 rings (SSSR count). The Morgan fingerprint density at radius 3 is 2.26 bits per heavy atom. The van der Waals surface area contributed by atoms with E-state index in [4.69, 9.17) is 16.3 Å². The highest BCUT2D eigenvalue weighted by molar-refractivity contribution is 6.30. The van der Waals surface area contributed by atoms with Crippen molar-refractivity contribution in [1.82, 2.24) is 5.32 Å². The zero-order valence-electron chi connectivity index (χ0n) is 14.9. The van der Waals surface area contributed by atoms with E-state index < -0.39 is 0 Å². The molecule has 4 heteroatoms. The molecule has 1 N–H and O–H groups in total. The Morgan fingerprint density at radius 1 is 1.26 bits per heavy atom. The molecule has 0 radical (unpaired) electrons. The van der Waals surface area contributed by atoms with Crippen LogP contribution in [0.5, 0.6) is 0 Å². The van der Waals surface area contributed by atoms with Crippen LogP contribution in [-0.4, -0.2) is 25.7 Å². The molecule has 0 amide bonds. The number of carbonyl (C=O) groups excluding carboxylic acids is 1. The van der Waals surface area contributed by atoms with Gasteiger partial charge in [-0.25, -0.2) is 0 Å². The lowest BCUT2D eigenvalue weighted by Gasteiger charge is -2.45. The summed E-state index contributed by atoms with van der Waals surface area (Å²) in [6, 6.07) is 8.12. The molecule has 0 bridgehead atoms. The third kappa shape index (κ3) is 4.48. The fourth-order valence-corrected chi connectivity index (χ4v) is 3.87. The maximum atomic E-state index is 11.0. The number of nitrogens with one attached hydrogen (secondary N) is 1. The van der Waals surface area contributed by atoms with Crippen molar-refractivity contribution in [2.75, 3.05) is 7.05 Å². The number of rotatable bonds is 10. The Bertz CT molecular complexity index is 475. The van der Waals surface area contributed by atoms with Crippen LogP contribution in [0.4, 0.5) is 0 Å². The molecule has 0 heterocycles. The molecule has 0 aliphatic rings. The average molecular weight is 340 g/mol. The molecule has 0 aliphatic heterocycles. The van der Waals surface area contributed by atoms with Crippen molar-refractivity contribution in [1.29, 1.82) is 0 Å². The highest BCUT2D eigenvalue weighted by atomic mass is 35.5. The van der Waals surface area contributed by atoms with Gasteiger partial charge < -0.3 is 10.1 Å². The number of benzene rings is 1. The van der Waals surface area contributed by atoms with E-state index in [1.807, 2.05) is 19.2 Å². The summed E-state index contributed by atoms with van der Waals surface area (Å²) in [5, 5.41) is 4.18. The zero-order valence-corrected chi connectivity index (χ0v) is 15.7. The summed E-state index contributed by atoms with van der Waals surface area (Å²) in [5.41, 5.74) is 1.14. The van der Waals surface area contributed by atoms with E-state index in [1.165, 1.54) is 5.56 Å². The van der Waals surface area contributed by atoms with Crippen LogP contribution in [0.25, 0.3) is 0 Å². The predicted octanol–water partition coefficient (Wildman–Crippen LogP) is 4.57. The number of hydrogen-bond acceptors (Lipinski definition) is 3. The minimum absolute atomic E-state index is 0.0406. The summed E-state index contributed by atoms with van der Waals surface area (Å²) in [5.74, 6) is 0.229. The van der Waals surface area contributed by atoms with Gasteiger partial charge in [0.2, 0.25) is 0 Å². The van der Waals surface area contributed by atoms with E-state index in [0.29, 0.717) is 6.47 Å². The van der Waals surface area contributed by atoms with Gasteiger partial charge in [0.15, 0.2) is 0 Å². The van der Waals surface area contributed by atoms with Crippen LogP contribution in [0, 0.1) is 5.92 Å². The minimum atomic E-state index is -0.181. The Morgan fingerprint density at radius 2 is 1.87 bits per heavy atom. The molecule has 0 aromatic heterocycles. The summed E-state index contributed by atoms with van der Waals surface area (Å²) in [4.78, 5) is 11.0. The van der Waals surface area contributed by atoms with Crippen molar-refractivity contribution in [3.63, 3.8) is 0 Å². The molecule has 0 fully saturated rings. The van der Waals surface area contributed by atoms with Crippen LogP contribution in [0.15, 0.2) is 24.3 Å². The van der Waals surface area contributed by atoms with Crippen LogP contribution < -0.4 is 5.32 Å². The monoisotopic (exact) mass is 339 g/mol. The topological polar surface area (TPSA) is 38.3 Å². The molecular formula is C19H30ClNO2.